The summed E-state index contributed by atoms with van der Waals surface area (Å²) in [6.07, 6.45) is 8.07. The van der Waals surface area contributed by atoms with Gasteiger partial charge in [0.2, 0.25) is 0 Å². The number of nitrogens with one attached hydrogen (secondary N) is 1. The Morgan fingerprint density at radius 1 is 1.27 bits per heavy atom. The van der Waals surface area contributed by atoms with Gasteiger partial charge in [0.1, 0.15) is 12.7 Å². The highest BCUT2D eigenvalue weighted by atomic mass is 127. The number of pyridine rings is 1. The monoisotopic (exact) mass is 412 g/mol. The van der Waals surface area contributed by atoms with Crippen molar-refractivity contribution in [2.45, 2.75) is 20.8 Å². The average molecular weight is 412 g/mol. The Balaban J connectivity index is 0.00000242. The van der Waals surface area contributed by atoms with Crippen LogP contribution in [-0.2, 0) is 11.8 Å². The first-order chi connectivity index (χ1) is 10.0. The summed E-state index contributed by atoms with van der Waals surface area (Å²) in [4.78, 5) is 15.0. The molecule has 0 saturated carbocycles. The molecule has 0 aliphatic rings. The molecule has 0 amide bonds. The van der Waals surface area contributed by atoms with Crippen molar-refractivity contribution in [3.8, 4) is 0 Å². The van der Waals surface area contributed by atoms with E-state index in [1.807, 2.05) is 62.1 Å². The molecule has 0 bridgehead atoms. The molecule has 4 nitrogen and oxygen atoms in total. The fraction of sp³-hybridized carbons (Fsp3) is 0.294. The van der Waals surface area contributed by atoms with Gasteiger partial charge in [-0.2, -0.15) is 0 Å². The molecule has 1 N–H and O–H groups in total. The summed E-state index contributed by atoms with van der Waals surface area (Å²) in [5.41, 5.74) is 4.57. The summed E-state index contributed by atoms with van der Waals surface area (Å²) < 4.78 is 7.05. The molecule has 2 rings (SSSR count). The van der Waals surface area contributed by atoms with Gasteiger partial charge in [-0.25, -0.2) is 9.36 Å². The quantitative estimate of drug-likeness (QED) is 0.430. The zero-order valence-corrected chi connectivity index (χ0v) is 15.5. The van der Waals surface area contributed by atoms with Crippen molar-refractivity contribution < 1.29 is 38.1 Å². The van der Waals surface area contributed by atoms with Gasteiger partial charge >= 0.3 is 5.97 Å². The molecule has 5 heteroatoms. The number of carbonyl (C=O) groups is 1. The van der Waals surface area contributed by atoms with Crippen molar-refractivity contribution in [2.75, 3.05) is 6.61 Å². The van der Waals surface area contributed by atoms with E-state index in [4.69, 9.17) is 4.74 Å². The van der Waals surface area contributed by atoms with E-state index in [-0.39, 0.29) is 29.9 Å². The second-order valence-electron chi connectivity index (χ2n) is 5.01. The van der Waals surface area contributed by atoms with Gasteiger partial charge in [-0.3, -0.25) is 0 Å². The fourth-order valence-electron chi connectivity index (χ4n) is 2.23. The highest BCUT2D eigenvalue weighted by molar-refractivity contribution is 5.91. The number of esters is 1. The number of carbonyl (C=O) groups excluding carboxylic acids is 1. The topological polar surface area (TPSA) is 46.0 Å². The Labute approximate surface area is 148 Å². The van der Waals surface area contributed by atoms with Gasteiger partial charge in [-0.15, -0.1) is 0 Å². The van der Waals surface area contributed by atoms with E-state index in [2.05, 4.69) is 4.98 Å². The van der Waals surface area contributed by atoms with Crippen molar-refractivity contribution in [3.05, 3.63) is 52.6 Å². The minimum absolute atomic E-state index is 0. The SMILES string of the molecule is CCOC(=O)c1[nH]c(C)c(/C=C/c2cc[n+](C)cc2)c1C.[I-]. The number of H-pyrrole nitrogens is 1. The molecule has 0 aliphatic heterocycles. The van der Waals surface area contributed by atoms with Gasteiger partial charge in [0, 0.05) is 17.8 Å². The molecule has 0 saturated heterocycles. The van der Waals surface area contributed by atoms with Crippen molar-refractivity contribution >= 4 is 18.1 Å². The van der Waals surface area contributed by atoms with E-state index in [9.17, 15) is 4.79 Å². The Morgan fingerprint density at radius 2 is 1.91 bits per heavy atom. The summed E-state index contributed by atoms with van der Waals surface area (Å²) in [5, 5.41) is 0. The first kappa shape index (κ1) is 18.4. The fourth-order valence-corrected chi connectivity index (χ4v) is 2.23. The number of hydrogen-bond acceptors (Lipinski definition) is 2. The number of aromatic nitrogens is 2. The van der Waals surface area contributed by atoms with Crippen LogP contribution in [0.5, 0.6) is 0 Å². The summed E-state index contributed by atoms with van der Waals surface area (Å²) in [5.74, 6) is -0.301. The normalized spacial score (nSPS) is 10.5. The Hall–Kier alpha value is -1.63. The third kappa shape index (κ3) is 4.19. The van der Waals surface area contributed by atoms with E-state index in [1.54, 1.807) is 6.92 Å². The van der Waals surface area contributed by atoms with Crippen LogP contribution in [0.3, 0.4) is 0 Å². The molecule has 0 unspecified atom stereocenters. The molecule has 0 atom stereocenters. The van der Waals surface area contributed by atoms with Crippen molar-refractivity contribution in [1.29, 1.82) is 0 Å². The lowest BCUT2D eigenvalue weighted by Crippen LogP contribution is -3.00. The second kappa shape index (κ2) is 8.12. The van der Waals surface area contributed by atoms with E-state index in [1.165, 1.54) is 0 Å². The van der Waals surface area contributed by atoms with Crippen LogP contribution >= 0.6 is 0 Å². The summed E-state index contributed by atoms with van der Waals surface area (Å²) in [6, 6.07) is 4.08. The summed E-state index contributed by atoms with van der Waals surface area (Å²) in [7, 11) is 1.99. The van der Waals surface area contributed by atoms with Crippen LogP contribution in [0.25, 0.3) is 12.2 Å². The molecule has 0 fully saturated rings. The van der Waals surface area contributed by atoms with Gasteiger partial charge < -0.3 is 33.7 Å². The van der Waals surface area contributed by atoms with E-state index in [0.717, 1.165) is 22.4 Å². The highest BCUT2D eigenvalue weighted by Gasteiger charge is 2.16. The largest absolute Gasteiger partial charge is 1.00 e. The van der Waals surface area contributed by atoms with Crippen molar-refractivity contribution in [1.82, 2.24) is 4.98 Å². The molecule has 2 heterocycles. The second-order valence-corrected chi connectivity index (χ2v) is 5.01. The van der Waals surface area contributed by atoms with E-state index >= 15 is 0 Å². The van der Waals surface area contributed by atoms with Gasteiger partial charge in [0.25, 0.3) is 0 Å². The number of nitrogens with zero attached hydrogens (tertiary/aromatic N) is 1. The zero-order chi connectivity index (χ0) is 15.4. The predicted molar refractivity (Wildman–Crippen MR) is 82.8 cm³/mol. The minimum atomic E-state index is -0.301. The lowest BCUT2D eigenvalue weighted by molar-refractivity contribution is -0.671. The number of rotatable bonds is 4. The molecule has 2 aromatic rings. The van der Waals surface area contributed by atoms with Crippen molar-refractivity contribution in [3.63, 3.8) is 0 Å². The molecule has 118 valence electrons. The summed E-state index contributed by atoms with van der Waals surface area (Å²) >= 11 is 0. The Morgan fingerprint density at radius 3 is 2.50 bits per heavy atom. The van der Waals surface area contributed by atoms with Gasteiger partial charge in [0.15, 0.2) is 12.4 Å². The first-order valence-corrected chi connectivity index (χ1v) is 7.02. The number of ether oxygens (including phenoxy) is 1. The Kier molecular flexibility index (Phi) is 6.80. The van der Waals surface area contributed by atoms with E-state index in [0.29, 0.717) is 12.3 Å². The average Bonchev–Trinajstić information content (AvgIpc) is 2.74. The third-order valence-electron chi connectivity index (χ3n) is 3.42. The van der Waals surface area contributed by atoms with Crippen LogP contribution in [0.2, 0.25) is 0 Å². The van der Waals surface area contributed by atoms with Gasteiger partial charge in [0.05, 0.1) is 6.61 Å². The predicted octanol–water partition coefficient (Wildman–Crippen LogP) is -0.193. The molecular weight excluding hydrogens is 391 g/mol. The van der Waals surface area contributed by atoms with Gasteiger partial charge in [-0.1, -0.05) is 12.2 Å². The Bertz CT molecular complexity index is 673. The zero-order valence-electron chi connectivity index (χ0n) is 13.3. The van der Waals surface area contributed by atoms with Crippen LogP contribution < -0.4 is 28.5 Å². The number of hydrogen-bond donors (Lipinski definition) is 1. The molecular formula is C17H21IN2O2. The maximum Gasteiger partial charge on any atom is 0.355 e. The lowest BCUT2D eigenvalue weighted by atomic mass is 10.1. The van der Waals surface area contributed by atoms with Crippen LogP contribution in [0.4, 0.5) is 0 Å². The standard InChI is InChI=1S/C17H20N2O2.HI/c1-5-21-17(20)16-12(2)15(13(3)18-16)7-6-14-8-10-19(4)11-9-14;/h6-11H,5H2,1-4H3;1H. The molecule has 2 aromatic heterocycles. The first-order valence-electron chi connectivity index (χ1n) is 7.02. The highest BCUT2D eigenvalue weighted by Crippen LogP contribution is 2.21. The smallest absolute Gasteiger partial charge is 0.355 e. The molecule has 0 spiro atoms. The van der Waals surface area contributed by atoms with E-state index < -0.39 is 0 Å². The molecule has 0 radical (unpaired) electrons. The van der Waals surface area contributed by atoms with Crippen LogP contribution in [0.1, 0.15) is 39.8 Å². The lowest BCUT2D eigenvalue weighted by Gasteiger charge is -2.00. The number of halogens is 1. The third-order valence-corrected chi connectivity index (χ3v) is 3.42. The molecule has 0 aliphatic carbocycles. The number of aromatic amines is 1. The maximum atomic E-state index is 11.9. The maximum absolute atomic E-state index is 11.9. The van der Waals surface area contributed by atoms with Gasteiger partial charge in [-0.05, 0) is 37.5 Å². The minimum Gasteiger partial charge on any atom is -1.00 e. The number of aryl methyl sites for hydroxylation is 2. The molecule has 22 heavy (non-hydrogen) atoms. The van der Waals surface area contributed by atoms with Crippen molar-refractivity contribution in [2.24, 2.45) is 7.05 Å². The van der Waals surface area contributed by atoms with Crippen LogP contribution in [-0.4, -0.2) is 17.6 Å². The summed E-state index contributed by atoms with van der Waals surface area (Å²) in [6.45, 7) is 6.07. The van der Waals surface area contributed by atoms with Crippen LogP contribution in [0.15, 0.2) is 24.5 Å². The van der Waals surface area contributed by atoms with Crippen LogP contribution in [0, 0.1) is 13.8 Å². The molecule has 0 aromatic carbocycles.